The van der Waals surface area contributed by atoms with Crippen LogP contribution in [-0.2, 0) is 25.2 Å². The van der Waals surface area contributed by atoms with Crippen LogP contribution in [0.4, 0.5) is 24.7 Å². The Morgan fingerprint density at radius 2 is 1.55 bits per heavy atom. The lowest BCUT2D eigenvalue weighted by Gasteiger charge is -2.37. The number of para-hydroxylation sites is 1. The van der Waals surface area contributed by atoms with Gasteiger partial charge in [-0.25, -0.2) is 14.6 Å². The molecule has 1 aromatic carbocycles. The maximum absolute atomic E-state index is 12.8. The Balaban J connectivity index is 1.49. The summed E-state index contributed by atoms with van der Waals surface area (Å²) in [6.07, 6.45) is -2.12. The first-order chi connectivity index (χ1) is 15.5. The molecule has 2 aliphatic heterocycles. The molecule has 174 valence electrons. The van der Waals surface area contributed by atoms with Gasteiger partial charge in [0.25, 0.3) is 5.79 Å². The number of pyridine rings is 1. The Bertz CT molecular complexity index is 1070. The van der Waals surface area contributed by atoms with Crippen LogP contribution in [0.2, 0.25) is 0 Å². The van der Waals surface area contributed by atoms with Gasteiger partial charge in [0.1, 0.15) is 11.4 Å². The van der Waals surface area contributed by atoms with Crippen LogP contribution >= 0.6 is 0 Å². The summed E-state index contributed by atoms with van der Waals surface area (Å²) in [7, 11) is 0. The zero-order valence-electron chi connectivity index (χ0n) is 18.1. The molecule has 7 nitrogen and oxygen atoms in total. The average Bonchev–Trinajstić information content (AvgIpc) is 2.76. The molecule has 2 aliphatic rings. The van der Waals surface area contributed by atoms with Gasteiger partial charge in [-0.2, -0.15) is 13.2 Å². The first kappa shape index (κ1) is 22.6. The highest BCUT2D eigenvalue weighted by Crippen LogP contribution is 2.31. The summed E-state index contributed by atoms with van der Waals surface area (Å²) in [6, 6.07) is 9.70. The number of anilines is 2. The van der Waals surface area contributed by atoms with Gasteiger partial charge in [-0.05, 0) is 29.8 Å². The van der Waals surface area contributed by atoms with Crippen LogP contribution in [-0.4, -0.2) is 48.9 Å². The summed E-state index contributed by atoms with van der Waals surface area (Å²) >= 11 is 0. The topological polar surface area (TPSA) is 72.0 Å². The lowest BCUT2D eigenvalue weighted by atomic mass is 10.1. The molecule has 0 N–H and O–H groups in total. The largest absolute Gasteiger partial charge is 0.419 e. The maximum Gasteiger partial charge on any atom is 0.417 e. The summed E-state index contributed by atoms with van der Waals surface area (Å²) in [5.41, 5.74) is 0.502. The van der Waals surface area contributed by atoms with E-state index in [0.717, 1.165) is 18.0 Å². The molecule has 3 heterocycles. The highest BCUT2D eigenvalue weighted by atomic mass is 19.4. The van der Waals surface area contributed by atoms with Crippen molar-refractivity contribution in [2.45, 2.75) is 25.8 Å². The number of ether oxygens (including phenoxy) is 2. The number of benzene rings is 1. The summed E-state index contributed by atoms with van der Waals surface area (Å²) in [5.74, 6) is -2.32. The van der Waals surface area contributed by atoms with E-state index in [0.29, 0.717) is 37.6 Å². The predicted molar refractivity (Wildman–Crippen MR) is 114 cm³/mol. The fraction of sp³-hybridized carbons (Fsp3) is 0.348. The van der Waals surface area contributed by atoms with Gasteiger partial charge in [0.15, 0.2) is 0 Å². The van der Waals surface area contributed by atoms with Crippen LogP contribution in [0.3, 0.4) is 0 Å². The molecule has 0 amide bonds. The van der Waals surface area contributed by atoms with Crippen LogP contribution in [0.5, 0.6) is 0 Å². The number of cyclic esters (lactones) is 2. The van der Waals surface area contributed by atoms with Gasteiger partial charge in [0, 0.05) is 51.9 Å². The van der Waals surface area contributed by atoms with E-state index in [1.54, 1.807) is 12.1 Å². The number of hydrogen-bond acceptors (Lipinski definition) is 7. The second-order valence-corrected chi connectivity index (χ2v) is 8.17. The Morgan fingerprint density at radius 1 is 0.939 bits per heavy atom. The second kappa shape index (κ2) is 8.42. The van der Waals surface area contributed by atoms with Crippen molar-refractivity contribution in [1.82, 2.24) is 4.98 Å². The molecule has 10 heteroatoms. The number of carbonyl (C=O) groups is 2. The summed E-state index contributed by atoms with van der Waals surface area (Å²) in [5, 5.41) is 0. The maximum atomic E-state index is 12.8. The molecule has 0 spiro atoms. The summed E-state index contributed by atoms with van der Waals surface area (Å²) in [6.45, 7) is 5.20. The molecule has 0 atom stereocenters. The molecule has 0 radical (unpaired) electrons. The molecule has 2 aromatic rings. The van der Waals surface area contributed by atoms with E-state index in [1.807, 2.05) is 17.0 Å². The number of esters is 2. The van der Waals surface area contributed by atoms with E-state index in [9.17, 15) is 22.8 Å². The Labute approximate surface area is 188 Å². The molecule has 0 bridgehead atoms. The van der Waals surface area contributed by atoms with Crippen LogP contribution in [0.25, 0.3) is 6.08 Å². The zero-order valence-corrected chi connectivity index (χ0v) is 18.1. The number of piperazine rings is 1. The van der Waals surface area contributed by atoms with Crippen molar-refractivity contribution in [3.05, 3.63) is 59.3 Å². The van der Waals surface area contributed by atoms with Crippen LogP contribution in [0.15, 0.2) is 48.2 Å². The van der Waals surface area contributed by atoms with E-state index in [4.69, 9.17) is 9.47 Å². The number of halogens is 3. The van der Waals surface area contributed by atoms with Crippen molar-refractivity contribution < 1.29 is 32.2 Å². The fourth-order valence-corrected chi connectivity index (χ4v) is 3.75. The molecule has 0 saturated carbocycles. The first-order valence-electron chi connectivity index (χ1n) is 10.3. The molecule has 2 fully saturated rings. The van der Waals surface area contributed by atoms with Gasteiger partial charge in [-0.1, -0.05) is 18.2 Å². The normalized spacial score (nSPS) is 18.6. The van der Waals surface area contributed by atoms with Crippen molar-refractivity contribution in [1.29, 1.82) is 0 Å². The predicted octanol–water partition coefficient (Wildman–Crippen LogP) is 3.65. The van der Waals surface area contributed by atoms with Crippen molar-refractivity contribution in [3.8, 4) is 0 Å². The molecular weight excluding hydrogens is 439 g/mol. The highest BCUT2D eigenvalue weighted by Gasteiger charge is 2.39. The second-order valence-electron chi connectivity index (χ2n) is 8.17. The molecule has 0 aliphatic carbocycles. The highest BCUT2D eigenvalue weighted by molar-refractivity contribution is 6.19. The minimum absolute atomic E-state index is 0.186. The van der Waals surface area contributed by atoms with Gasteiger partial charge in [0.2, 0.25) is 0 Å². The van der Waals surface area contributed by atoms with E-state index in [1.165, 1.54) is 26.0 Å². The van der Waals surface area contributed by atoms with Gasteiger partial charge in [-0.15, -0.1) is 0 Å². The van der Waals surface area contributed by atoms with Crippen LogP contribution in [0.1, 0.15) is 25.0 Å². The average molecular weight is 461 g/mol. The van der Waals surface area contributed by atoms with Crippen molar-refractivity contribution in [2.75, 3.05) is 36.0 Å². The standard InChI is InChI=1S/C23H22F3N3O4/c1-22(2)32-20(30)17(21(31)33-22)13-15-5-3-4-6-18(15)28-9-11-29(12-10-28)19-8-7-16(14-27-19)23(24,25)26/h3-8,13-14H,9-12H2,1-2H3. The number of rotatable bonds is 3. The number of carbonyl (C=O) groups excluding carboxylic acids is 2. The number of nitrogens with zero attached hydrogens (tertiary/aromatic N) is 3. The number of hydrogen-bond donors (Lipinski definition) is 0. The zero-order chi connectivity index (χ0) is 23.8. The molecular formula is C23H22F3N3O4. The van der Waals surface area contributed by atoms with Gasteiger partial charge in [0.05, 0.1) is 5.56 Å². The third kappa shape index (κ3) is 4.94. The molecule has 1 aromatic heterocycles. The third-order valence-corrected chi connectivity index (χ3v) is 5.37. The SMILES string of the molecule is CC1(C)OC(=O)C(=Cc2ccccc2N2CCN(c3ccc(C(F)(F)F)cn3)CC2)C(=O)O1. The van der Waals surface area contributed by atoms with Crippen molar-refractivity contribution >= 4 is 29.5 Å². The quantitative estimate of drug-likeness (QED) is 0.393. The molecule has 2 saturated heterocycles. The van der Waals surface area contributed by atoms with E-state index < -0.39 is 29.5 Å². The fourth-order valence-electron chi connectivity index (χ4n) is 3.75. The van der Waals surface area contributed by atoms with E-state index in [-0.39, 0.29) is 5.57 Å². The smallest absolute Gasteiger partial charge is 0.417 e. The van der Waals surface area contributed by atoms with Gasteiger partial charge >= 0.3 is 18.1 Å². The molecule has 0 unspecified atom stereocenters. The van der Waals surface area contributed by atoms with Gasteiger partial charge in [-0.3, -0.25) is 0 Å². The molecule has 33 heavy (non-hydrogen) atoms. The third-order valence-electron chi connectivity index (χ3n) is 5.37. The summed E-state index contributed by atoms with van der Waals surface area (Å²) in [4.78, 5) is 32.6. The van der Waals surface area contributed by atoms with Gasteiger partial charge < -0.3 is 19.3 Å². The lowest BCUT2D eigenvalue weighted by molar-refractivity contribution is -0.222. The van der Waals surface area contributed by atoms with E-state index >= 15 is 0 Å². The number of aromatic nitrogens is 1. The minimum atomic E-state index is -4.42. The van der Waals surface area contributed by atoms with Crippen LogP contribution in [0, 0.1) is 0 Å². The first-order valence-corrected chi connectivity index (χ1v) is 10.3. The lowest BCUT2D eigenvalue weighted by Crippen LogP contribution is -2.47. The Hall–Kier alpha value is -3.56. The van der Waals surface area contributed by atoms with E-state index in [2.05, 4.69) is 9.88 Å². The minimum Gasteiger partial charge on any atom is -0.419 e. The monoisotopic (exact) mass is 461 g/mol. The number of alkyl halides is 3. The van der Waals surface area contributed by atoms with Crippen molar-refractivity contribution in [2.24, 2.45) is 0 Å². The van der Waals surface area contributed by atoms with Crippen LogP contribution < -0.4 is 9.80 Å². The summed E-state index contributed by atoms with van der Waals surface area (Å²) < 4.78 is 48.6. The Morgan fingerprint density at radius 3 is 2.12 bits per heavy atom. The van der Waals surface area contributed by atoms with Crippen molar-refractivity contribution in [3.63, 3.8) is 0 Å². The Kier molecular flexibility index (Phi) is 5.77. The molecule has 4 rings (SSSR count).